The average Bonchev–Trinajstić information content (AvgIpc) is 3.03. The summed E-state index contributed by atoms with van der Waals surface area (Å²) in [6, 6.07) is 8.77. The van der Waals surface area contributed by atoms with Crippen LogP contribution in [0.25, 0.3) is 10.9 Å². The van der Waals surface area contributed by atoms with Gasteiger partial charge < -0.3 is 9.88 Å². The molecule has 0 saturated carbocycles. The first kappa shape index (κ1) is 12.9. The highest BCUT2D eigenvalue weighted by molar-refractivity contribution is 5.85. The van der Waals surface area contributed by atoms with Crippen molar-refractivity contribution in [3.05, 3.63) is 35.5 Å². The van der Waals surface area contributed by atoms with E-state index in [1.54, 1.807) is 0 Å². The zero-order valence-electron chi connectivity index (χ0n) is 12.4. The number of nitrogens with one attached hydrogen (secondary N) is 2. The molecule has 0 radical (unpaired) electrons. The van der Waals surface area contributed by atoms with E-state index in [4.69, 9.17) is 0 Å². The molecule has 4 rings (SSSR count). The van der Waals surface area contributed by atoms with E-state index < -0.39 is 0 Å². The Balaban J connectivity index is 1.66. The highest BCUT2D eigenvalue weighted by Gasteiger charge is 2.33. The first-order valence-corrected chi connectivity index (χ1v) is 7.84. The number of para-hydroxylation sites is 1. The van der Waals surface area contributed by atoms with E-state index in [0.29, 0.717) is 0 Å². The number of amides is 1. The number of aromatic nitrogens is 1. The predicted octanol–water partition coefficient (Wildman–Crippen LogP) is 2.37. The first-order valence-electron chi connectivity index (χ1n) is 7.84. The van der Waals surface area contributed by atoms with Gasteiger partial charge in [0.2, 0.25) is 5.91 Å². The van der Waals surface area contributed by atoms with Gasteiger partial charge in [0.25, 0.3) is 0 Å². The number of likely N-dealkylation sites (N-methyl/N-ethyl adjacent to an activating group) is 1. The Labute approximate surface area is 124 Å². The zero-order chi connectivity index (χ0) is 14.4. The van der Waals surface area contributed by atoms with Crippen LogP contribution in [0.4, 0.5) is 0 Å². The van der Waals surface area contributed by atoms with Gasteiger partial charge in [-0.3, -0.25) is 10.1 Å². The molecule has 1 amide bonds. The third-order valence-corrected chi connectivity index (χ3v) is 4.94. The number of nitrogens with zero attached hydrogens (tertiary/aromatic N) is 1. The molecule has 1 saturated heterocycles. The molecule has 110 valence electrons. The van der Waals surface area contributed by atoms with Crippen molar-refractivity contribution < 1.29 is 4.79 Å². The largest absolute Gasteiger partial charge is 0.357 e. The zero-order valence-corrected chi connectivity index (χ0v) is 12.4. The van der Waals surface area contributed by atoms with Crippen LogP contribution >= 0.6 is 0 Å². The second-order valence-corrected chi connectivity index (χ2v) is 6.28. The number of carbonyl (C=O) groups excluding carboxylic acids is 1. The average molecular weight is 283 g/mol. The summed E-state index contributed by atoms with van der Waals surface area (Å²) >= 11 is 0. The Morgan fingerprint density at radius 2 is 2.10 bits per heavy atom. The van der Waals surface area contributed by atoms with E-state index in [1.807, 2.05) is 11.9 Å². The van der Waals surface area contributed by atoms with E-state index in [9.17, 15) is 4.79 Å². The molecule has 0 spiro atoms. The van der Waals surface area contributed by atoms with E-state index in [0.717, 1.165) is 25.8 Å². The normalized spacial score (nSPS) is 25.6. The van der Waals surface area contributed by atoms with Gasteiger partial charge in [-0.15, -0.1) is 0 Å². The van der Waals surface area contributed by atoms with Crippen molar-refractivity contribution in [3.8, 4) is 0 Å². The van der Waals surface area contributed by atoms with Gasteiger partial charge >= 0.3 is 0 Å². The number of rotatable bonds is 2. The highest BCUT2D eigenvalue weighted by atomic mass is 16.2. The molecule has 1 aromatic heterocycles. The van der Waals surface area contributed by atoms with Crippen LogP contribution in [-0.2, 0) is 11.2 Å². The van der Waals surface area contributed by atoms with Crippen LogP contribution in [0.2, 0.25) is 0 Å². The van der Waals surface area contributed by atoms with Crippen molar-refractivity contribution in [2.45, 2.75) is 37.8 Å². The molecule has 1 aromatic carbocycles. The van der Waals surface area contributed by atoms with E-state index in [1.165, 1.54) is 28.6 Å². The van der Waals surface area contributed by atoms with Crippen LogP contribution in [0.15, 0.2) is 24.3 Å². The molecule has 1 aliphatic heterocycles. The molecule has 1 aliphatic carbocycles. The number of fused-ring (bicyclic) bond motifs is 3. The molecule has 2 aliphatic rings. The third kappa shape index (κ3) is 2.05. The minimum atomic E-state index is -0.0163. The Morgan fingerprint density at radius 3 is 2.90 bits per heavy atom. The lowest BCUT2D eigenvalue weighted by Crippen LogP contribution is -2.40. The molecule has 1 fully saturated rings. The minimum absolute atomic E-state index is 0.0163. The summed E-state index contributed by atoms with van der Waals surface area (Å²) in [5.74, 6) is 0.234. The number of hydrogen-bond acceptors (Lipinski definition) is 2. The Bertz CT molecular complexity index is 690. The van der Waals surface area contributed by atoms with Gasteiger partial charge in [-0.1, -0.05) is 18.2 Å². The maximum atomic E-state index is 12.1. The van der Waals surface area contributed by atoms with Crippen LogP contribution in [0.5, 0.6) is 0 Å². The predicted molar refractivity (Wildman–Crippen MR) is 83.2 cm³/mol. The van der Waals surface area contributed by atoms with Crippen molar-refractivity contribution in [2.24, 2.45) is 0 Å². The second kappa shape index (κ2) is 4.88. The number of carbonyl (C=O) groups is 1. The lowest BCUT2D eigenvalue weighted by molar-refractivity contribution is -0.128. The van der Waals surface area contributed by atoms with E-state index in [2.05, 4.69) is 34.6 Å². The molecule has 2 N–H and O–H groups in total. The molecule has 4 nitrogen and oxygen atoms in total. The van der Waals surface area contributed by atoms with Crippen LogP contribution in [0.3, 0.4) is 0 Å². The topological polar surface area (TPSA) is 48.1 Å². The van der Waals surface area contributed by atoms with E-state index in [-0.39, 0.29) is 18.0 Å². The molecule has 0 bridgehead atoms. The van der Waals surface area contributed by atoms with Crippen molar-refractivity contribution in [3.63, 3.8) is 0 Å². The lowest BCUT2D eigenvalue weighted by Gasteiger charge is -2.26. The molecule has 2 atom stereocenters. The molecular formula is C17H21N3O. The number of hydrogen-bond donors (Lipinski definition) is 2. The van der Waals surface area contributed by atoms with Crippen LogP contribution < -0.4 is 5.32 Å². The number of aryl methyl sites for hydroxylation is 1. The maximum Gasteiger partial charge on any atom is 0.239 e. The second-order valence-electron chi connectivity index (χ2n) is 6.28. The van der Waals surface area contributed by atoms with Crippen molar-refractivity contribution in [1.82, 2.24) is 15.2 Å². The Morgan fingerprint density at radius 1 is 1.24 bits per heavy atom. The number of aromatic amines is 1. The van der Waals surface area contributed by atoms with Gasteiger partial charge in [0, 0.05) is 36.2 Å². The highest BCUT2D eigenvalue weighted by Crippen LogP contribution is 2.35. The summed E-state index contributed by atoms with van der Waals surface area (Å²) < 4.78 is 0. The maximum absolute atomic E-state index is 12.1. The fourth-order valence-corrected chi connectivity index (χ4v) is 3.80. The van der Waals surface area contributed by atoms with Gasteiger partial charge in [-0.05, 0) is 37.3 Å². The quantitative estimate of drug-likeness (QED) is 0.889. The number of H-pyrrole nitrogens is 1. The third-order valence-electron chi connectivity index (χ3n) is 4.94. The Kier molecular flexibility index (Phi) is 3.00. The molecular weight excluding hydrogens is 262 g/mol. The van der Waals surface area contributed by atoms with Crippen LogP contribution in [0, 0.1) is 0 Å². The summed E-state index contributed by atoms with van der Waals surface area (Å²) in [6.07, 6.45) is 4.34. The lowest BCUT2D eigenvalue weighted by atomic mass is 9.91. The van der Waals surface area contributed by atoms with Crippen LogP contribution in [-0.4, -0.2) is 35.4 Å². The van der Waals surface area contributed by atoms with Gasteiger partial charge in [0.05, 0.1) is 6.04 Å². The van der Waals surface area contributed by atoms with Gasteiger partial charge in [0.15, 0.2) is 0 Å². The number of benzene rings is 1. The smallest absolute Gasteiger partial charge is 0.239 e. The van der Waals surface area contributed by atoms with Gasteiger partial charge in [0.1, 0.15) is 0 Å². The van der Waals surface area contributed by atoms with Gasteiger partial charge in [-0.25, -0.2) is 0 Å². The minimum Gasteiger partial charge on any atom is -0.357 e. The molecule has 2 aromatic rings. The Hall–Kier alpha value is -1.81. The standard InChI is InChI=1S/C17H21N3O/c1-20-10-9-15(17(20)21)18-14-8-4-6-12-11-5-2-3-7-13(11)19-16(12)14/h2-3,5,7,14-15,18-19H,4,6,8-10H2,1H3. The summed E-state index contributed by atoms with van der Waals surface area (Å²) in [5.41, 5.74) is 3.95. The molecule has 2 heterocycles. The monoisotopic (exact) mass is 283 g/mol. The van der Waals surface area contributed by atoms with Crippen molar-refractivity contribution in [2.75, 3.05) is 13.6 Å². The summed E-state index contributed by atoms with van der Waals surface area (Å²) in [4.78, 5) is 17.5. The summed E-state index contributed by atoms with van der Waals surface area (Å²) in [6.45, 7) is 0.864. The first-order chi connectivity index (χ1) is 10.2. The van der Waals surface area contributed by atoms with Crippen molar-refractivity contribution >= 4 is 16.8 Å². The van der Waals surface area contributed by atoms with Crippen molar-refractivity contribution in [1.29, 1.82) is 0 Å². The summed E-state index contributed by atoms with van der Waals surface area (Å²) in [5, 5.41) is 4.93. The van der Waals surface area contributed by atoms with Gasteiger partial charge in [-0.2, -0.15) is 0 Å². The molecule has 21 heavy (non-hydrogen) atoms. The fourth-order valence-electron chi connectivity index (χ4n) is 3.80. The fraction of sp³-hybridized carbons (Fsp3) is 0.471. The number of likely N-dealkylation sites (tertiary alicyclic amines) is 1. The molecule has 2 unspecified atom stereocenters. The SMILES string of the molecule is CN1CCC(NC2CCCc3c2[nH]c2ccccc32)C1=O. The molecule has 4 heteroatoms. The summed E-state index contributed by atoms with van der Waals surface area (Å²) in [7, 11) is 1.89. The van der Waals surface area contributed by atoms with E-state index >= 15 is 0 Å². The van der Waals surface area contributed by atoms with Crippen LogP contribution in [0.1, 0.15) is 36.6 Å².